The van der Waals surface area contributed by atoms with E-state index in [2.05, 4.69) is 5.32 Å². The average Bonchev–Trinajstić information content (AvgIpc) is 2.67. The summed E-state index contributed by atoms with van der Waals surface area (Å²) in [5.74, 6) is -0.263. The number of morpholine rings is 1. The van der Waals surface area contributed by atoms with Gasteiger partial charge < -0.3 is 15.0 Å². The Balaban J connectivity index is 1.58. The molecule has 0 aromatic heterocycles. The number of hydrogen-bond acceptors (Lipinski definition) is 2. The van der Waals surface area contributed by atoms with Crippen molar-refractivity contribution in [2.75, 3.05) is 13.2 Å². The molecule has 2 atom stereocenters. The number of nitrogens with one attached hydrogen (secondary N) is 1. The van der Waals surface area contributed by atoms with Crippen molar-refractivity contribution < 1.29 is 13.9 Å². The minimum atomic E-state index is -0.263. The quantitative estimate of drug-likeness (QED) is 0.886. The van der Waals surface area contributed by atoms with Crippen LogP contribution in [0.1, 0.15) is 18.4 Å². The Hall–Kier alpha value is -1.62. The molecule has 1 aromatic carbocycles. The first kappa shape index (κ1) is 12.4. The molecule has 102 valence electrons. The van der Waals surface area contributed by atoms with Gasteiger partial charge in [0.05, 0.1) is 25.3 Å². The summed E-state index contributed by atoms with van der Waals surface area (Å²) in [4.78, 5) is 14.1. The molecule has 2 bridgehead atoms. The number of ether oxygens (including phenoxy) is 1. The molecule has 0 aliphatic carbocycles. The second-order valence-corrected chi connectivity index (χ2v) is 5.11. The van der Waals surface area contributed by atoms with Gasteiger partial charge in [-0.05, 0) is 30.5 Å². The summed E-state index contributed by atoms with van der Waals surface area (Å²) in [6.07, 6.45) is 2.04. The first-order valence-electron chi connectivity index (χ1n) is 6.62. The number of halogens is 1. The summed E-state index contributed by atoms with van der Waals surface area (Å²) in [5.41, 5.74) is 0.898. The fourth-order valence-corrected chi connectivity index (χ4v) is 2.83. The Morgan fingerprint density at radius 1 is 1.26 bits per heavy atom. The molecule has 1 aromatic rings. The molecule has 0 saturated carbocycles. The Morgan fingerprint density at radius 3 is 2.53 bits per heavy atom. The zero-order valence-electron chi connectivity index (χ0n) is 10.6. The normalized spacial score (nSPS) is 25.4. The number of rotatable bonds is 2. The van der Waals surface area contributed by atoms with Gasteiger partial charge in [-0.3, -0.25) is 0 Å². The SMILES string of the molecule is O=C(NCc1ccc(F)cc1)N1[C@H]2CC[C@H]1COC2. The summed E-state index contributed by atoms with van der Waals surface area (Å²) in [6, 6.07) is 6.56. The topological polar surface area (TPSA) is 41.6 Å². The highest BCUT2D eigenvalue weighted by atomic mass is 19.1. The van der Waals surface area contributed by atoms with E-state index in [1.165, 1.54) is 12.1 Å². The second kappa shape index (κ2) is 5.17. The number of urea groups is 1. The number of nitrogens with zero attached hydrogens (tertiary/aromatic N) is 1. The third kappa shape index (κ3) is 2.56. The monoisotopic (exact) mass is 264 g/mol. The van der Waals surface area contributed by atoms with Crippen molar-refractivity contribution in [1.82, 2.24) is 10.2 Å². The van der Waals surface area contributed by atoms with Gasteiger partial charge in [-0.2, -0.15) is 0 Å². The van der Waals surface area contributed by atoms with Gasteiger partial charge in [0.15, 0.2) is 0 Å². The zero-order chi connectivity index (χ0) is 13.2. The predicted molar refractivity (Wildman–Crippen MR) is 68.1 cm³/mol. The lowest BCUT2D eigenvalue weighted by Gasteiger charge is -2.34. The van der Waals surface area contributed by atoms with E-state index in [1.54, 1.807) is 12.1 Å². The van der Waals surface area contributed by atoms with Gasteiger partial charge in [0.2, 0.25) is 0 Å². The molecule has 2 aliphatic heterocycles. The Bertz CT molecular complexity index is 447. The number of carbonyl (C=O) groups excluding carboxylic acids is 1. The molecule has 19 heavy (non-hydrogen) atoms. The van der Waals surface area contributed by atoms with Crippen LogP contribution in [0, 0.1) is 5.82 Å². The minimum Gasteiger partial charge on any atom is -0.377 e. The van der Waals surface area contributed by atoms with Crippen molar-refractivity contribution >= 4 is 6.03 Å². The Morgan fingerprint density at radius 2 is 1.89 bits per heavy atom. The molecule has 2 aliphatic rings. The maximum absolute atomic E-state index is 12.8. The van der Waals surface area contributed by atoms with Crippen LogP contribution in [0.3, 0.4) is 0 Å². The lowest BCUT2D eigenvalue weighted by Crippen LogP contribution is -2.52. The molecule has 1 N–H and O–H groups in total. The van der Waals surface area contributed by atoms with Crippen molar-refractivity contribution in [1.29, 1.82) is 0 Å². The largest absolute Gasteiger partial charge is 0.377 e. The van der Waals surface area contributed by atoms with E-state index in [9.17, 15) is 9.18 Å². The van der Waals surface area contributed by atoms with Crippen LogP contribution in [0.4, 0.5) is 9.18 Å². The summed E-state index contributed by atoms with van der Waals surface area (Å²) in [5, 5.41) is 2.90. The number of benzene rings is 1. The van der Waals surface area contributed by atoms with Gasteiger partial charge in [-0.15, -0.1) is 0 Å². The van der Waals surface area contributed by atoms with Gasteiger partial charge in [0.25, 0.3) is 0 Å². The third-order valence-corrected chi connectivity index (χ3v) is 3.83. The van der Waals surface area contributed by atoms with Crippen LogP contribution >= 0.6 is 0 Å². The van der Waals surface area contributed by atoms with Crippen LogP contribution in [0.15, 0.2) is 24.3 Å². The lowest BCUT2D eigenvalue weighted by atomic mass is 10.2. The summed E-state index contributed by atoms with van der Waals surface area (Å²) in [7, 11) is 0. The lowest BCUT2D eigenvalue weighted by molar-refractivity contribution is 0.00631. The van der Waals surface area contributed by atoms with Crippen molar-refractivity contribution in [3.8, 4) is 0 Å². The maximum Gasteiger partial charge on any atom is 0.318 e. The highest BCUT2D eigenvalue weighted by Gasteiger charge is 2.40. The molecule has 2 saturated heterocycles. The third-order valence-electron chi connectivity index (χ3n) is 3.83. The molecular weight excluding hydrogens is 247 g/mol. The van der Waals surface area contributed by atoms with Gasteiger partial charge in [0.1, 0.15) is 5.82 Å². The van der Waals surface area contributed by atoms with Crippen LogP contribution in [0.25, 0.3) is 0 Å². The van der Waals surface area contributed by atoms with Crippen LogP contribution in [-0.4, -0.2) is 36.2 Å². The van der Waals surface area contributed by atoms with Gasteiger partial charge in [-0.1, -0.05) is 12.1 Å². The molecule has 2 fully saturated rings. The van der Waals surface area contributed by atoms with E-state index in [1.807, 2.05) is 4.90 Å². The summed E-state index contributed by atoms with van der Waals surface area (Å²) < 4.78 is 18.2. The number of hydrogen-bond donors (Lipinski definition) is 1. The Labute approximate surface area is 111 Å². The van der Waals surface area contributed by atoms with Crippen molar-refractivity contribution in [2.45, 2.75) is 31.5 Å². The molecule has 0 unspecified atom stereocenters. The number of carbonyl (C=O) groups is 1. The van der Waals surface area contributed by atoms with E-state index >= 15 is 0 Å². The van der Waals surface area contributed by atoms with Gasteiger partial charge in [0, 0.05) is 6.54 Å². The van der Waals surface area contributed by atoms with Crippen LogP contribution in [0.2, 0.25) is 0 Å². The summed E-state index contributed by atoms with van der Waals surface area (Å²) >= 11 is 0. The fourth-order valence-electron chi connectivity index (χ4n) is 2.83. The van der Waals surface area contributed by atoms with Crippen LogP contribution < -0.4 is 5.32 Å². The van der Waals surface area contributed by atoms with Gasteiger partial charge >= 0.3 is 6.03 Å². The minimum absolute atomic E-state index is 0.0416. The highest BCUT2D eigenvalue weighted by Crippen LogP contribution is 2.28. The van der Waals surface area contributed by atoms with Crippen molar-refractivity contribution in [2.24, 2.45) is 0 Å². The number of amides is 2. The molecule has 2 amide bonds. The predicted octanol–water partition coefficient (Wildman–Crippen LogP) is 1.90. The van der Waals surface area contributed by atoms with Crippen molar-refractivity contribution in [3.63, 3.8) is 0 Å². The first-order chi connectivity index (χ1) is 9.24. The van der Waals surface area contributed by atoms with E-state index < -0.39 is 0 Å². The molecule has 3 rings (SSSR count). The highest BCUT2D eigenvalue weighted by molar-refractivity contribution is 5.75. The number of fused-ring (bicyclic) bond motifs is 2. The smallest absolute Gasteiger partial charge is 0.318 e. The zero-order valence-corrected chi connectivity index (χ0v) is 10.6. The molecule has 0 radical (unpaired) electrons. The molecule has 5 heteroatoms. The molecule has 0 spiro atoms. The van der Waals surface area contributed by atoms with E-state index in [-0.39, 0.29) is 23.9 Å². The average molecular weight is 264 g/mol. The second-order valence-electron chi connectivity index (χ2n) is 5.11. The Kier molecular flexibility index (Phi) is 3.38. The standard InChI is InChI=1S/C14H17FN2O2/c15-11-3-1-10(2-4-11)7-16-14(18)17-12-5-6-13(17)9-19-8-12/h1-4,12-13H,5-9H2,(H,16,18)/t12-,13-/m0/s1. The molecular formula is C14H17FN2O2. The first-order valence-corrected chi connectivity index (χ1v) is 6.62. The maximum atomic E-state index is 12.8. The summed E-state index contributed by atoms with van der Waals surface area (Å²) in [6.45, 7) is 1.71. The van der Waals surface area contributed by atoms with Crippen molar-refractivity contribution in [3.05, 3.63) is 35.6 Å². The van der Waals surface area contributed by atoms with E-state index in [0.29, 0.717) is 19.8 Å². The molecule has 4 nitrogen and oxygen atoms in total. The fraction of sp³-hybridized carbons (Fsp3) is 0.500. The van der Waals surface area contributed by atoms with Crippen LogP contribution in [0.5, 0.6) is 0 Å². The van der Waals surface area contributed by atoms with Crippen LogP contribution in [-0.2, 0) is 11.3 Å². The van der Waals surface area contributed by atoms with E-state index in [4.69, 9.17) is 4.74 Å². The van der Waals surface area contributed by atoms with Gasteiger partial charge in [-0.25, -0.2) is 9.18 Å². The molecule has 2 heterocycles. The van der Waals surface area contributed by atoms with E-state index in [0.717, 1.165) is 18.4 Å².